The Morgan fingerprint density at radius 2 is 1.85 bits per heavy atom. The first-order valence-electron chi connectivity index (χ1n) is 6.55. The Labute approximate surface area is 124 Å². The van der Waals surface area contributed by atoms with Crippen molar-refractivity contribution < 1.29 is 4.74 Å². The van der Waals surface area contributed by atoms with E-state index in [-0.39, 0.29) is 0 Å². The lowest BCUT2D eigenvalue weighted by Gasteiger charge is -2.08. The number of nitrogens with one attached hydrogen (secondary N) is 1. The summed E-state index contributed by atoms with van der Waals surface area (Å²) in [7, 11) is 0. The van der Waals surface area contributed by atoms with E-state index in [0.29, 0.717) is 18.5 Å². The van der Waals surface area contributed by atoms with Crippen molar-refractivity contribution in [3.8, 4) is 11.6 Å². The lowest BCUT2D eigenvalue weighted by molar-refractivity contribution is 0.452. The van der Waals surface area contributed by atoms with Crippen LogP contribution in [0, 0.1) is 0 Å². The Kier molecular flexibility index (Phi) is 5.38. The van der Waals surface area contributed by atoms with Gasteiger partial charge in [-0.3, -0.25) is 0 Å². The fraction of sp³-hybridized carbons (Fsp3) is 0.333. The van der Waals surface area contributed by atoms with Crippen LogP contribution in [0.2, 0.25) is 0 Å². The van der Waals surface area contributed by atoms with Gasteiger partial charge in [0.25, 0.3) is 0 Å². The van der Waals surface area contributed by atoms with Crippen LogP contribution in [0.3, 0.4) is 0 Å². The summed E-state index contributed by atoms with van der Waals surface area (Å²) >= 11 is 1.70. The van der Waals surface area contributed by atoms with Crippen LogP contribution in [0.1, 0.15) is 19.5 Å². The summed E-state index contributed by atoms with van der Waals surface area (Å²) in [6.45, 7) is 4.92. The fourth-order valence-corrected chi connectivity index (χ4v) is 1.98. The quantitative estimate of drug-likeness (QED) is 0.825. The highest BCUT2D eigenvalue weighted by Crippen LogP contribution is 2.22. The predicted octanol–water partition coefficient (Wildman–Crippen LogP) is 3.49. The number of nitrogens with zero attached hydrogens (tertiary/aromatic N) is 2. The molecular formula is C15H19N3OS. The van der Waals surface area contributed by atoms with Crippen molar-refractivity contribution in [2.75, 3.05) is 6.26 Å². The largest absolute Gasteiger partial charge is 0.438 e. The van der Waals surface area contributed by atoms with Crippen molar-refractivity contribution in [2.24, 2.45) is 0 Å². The van der Waals surface area contributed by atoms with Gasteiger partial charge in [-0.25, -0.2) is 0 Å². The second-order valence-corrected chi connectivity index (χ2v) is 5.56. The SMILES string of the molecule is CSc1ccc(Oc2ccc(CNC(C)C)nn2)cc1. The van der Waals surface area contributed by atoms with Gasteiger partial charge >= 0.3 is 0 Å². The summed E-state index contributed by atoms with van der Waals surface area (Å²) < 4.78 is 5.66. The fourth-order valence-electron chi connectivity index (χ4n) is 1.57. The minimum absolute atomic E-state index is 0.433. The molecule has 0 aliphatic heterocycles. The summed E-state index contributed by atoms with van der Waals surface area (Å²) in [4.78, 5) is 1.21. The maximum Gasteiger partial charge on any atom is 0.238 e. The lowest BCUT2D eigenvalue weighted by Crippen LogP contribution is -2.22. The van der Waals surface area contributed by atoms with Gasteiger partial charge in [0.1, 0.15) is 5.75 Å². The van der Waals surface area contributed by atoms with E-state index in [1.54, 1.807) is 11.8 Å². The first kappa shape index (κ1) is 14.8. The van der Waals surface area contributed by atoms with E-state index in [0.717, 1.165) is 11.4 Å². The normalized spacial score (nSPS) is 10.8. The Bertz CT molecular complexity index is 526. The molecular weight excluding hydrogens is 270 g/mol. The molecule has 5 heteroatoms. The highest BCUT2D eigenvalue weighted by Gasteiger charge is 2.02. The van der Waals surface area contributed by atoms with Crippen LogP contribution in [0.5, 0.6) is 11.6 Å². The highest BCUT2D eigenvalue weighted by molar-refractivity contribution is 7.98. The van der Waals surface area contributed by atoms with Crippen LogP contribution in [-0.4, -0.2) is 22.5 Å². The van der Waals surface area contributed by atoms with Crippen molar-refractivity contribution in [2.45, 2.75) is 31.3 Å². The van der Waals surface area contributed by atoms with E-state index in [9.17, 15) is 0 Å². The van der Waals surface area contributed by atoms with Crippen molar-refractivity contribution in [3.63, 3.8) is 0 Å². The molecule has 106 valence electrons. The number of hydrogen-bond acceptors (Lipinski definition) is 5. The minimum Gasteiger partial charge on any atom is -0.438 e. The van der Waals surface area contributed by atoms with Crippen LogP contribution in [0.25, 0.3) is 0 Å². The number of hydrogen-bond donors (Lipinski definition) is 1. The van der Waals surface area contributed by atoms with Crippen molar-refractivity contribution in [3.05, 3.63) is 42.1 Å². The van der Waals surface area contributed by atoms with Crippen LogP contribution >= 0.6 is 11.8 Å². The van der Waals surface area contributed by atoms with E-state index in [1.165, 1.54) is 4.90 Å². The van der Waals surface area contributed by atoms with Crippen molar-refractivity contribution in [1.82, 2.24) is 15.5 Å². The molecule has 0 bridgehead atoms. The van der Waals surface area contributed by atoms with Gasteiger partial charge in [-0.1, -0.05) is 13.8 Å². The monoisotopic (exact) mass is 289 g/mol. The molecule has 0 saturated carbocycles. The molecule has 1 heterocycles. The lowest BCUT2D eigenvalue weighted by atomic mass is 10.3. The Balaban J connectivity index is 1.95. The third kappa shape index (κ3) is 4.51. The molecule has 2 aromatic rings. The van der Waals surface area contributed by atoms with Gasteiger partial charge in [-0.05, 0) is 36.6 Å². The van der Waals surface area contributed by atoms with Gasteiger partial charge in [0.15, 0.2) is 0 Å². The van der Waals surface area contributed by atoms with E-state index in [2.05, 4.69) is 29.4 Å². The van der Waals surface area contributed by atoms with E-state index in [4.69, 9.17) is 4.74 Å². The average molecular weight is 289 g/mol. The second-order valence-electron chi connectivity index (χ2n) is 4.68. The summed E-state index contributed by atoms with van der Waals surface area (Å²) in [6.07, 6.45) is 2.05. The van der Waals surface area contributed by atoms with Gasteiger partial charge in [-0.2, -0.15) is 5.10 Å². The molecule has 1 N–H and O–H groups in total. The number of rotatable bonds is 6. The third-order valence-electron chi connectivity index (χ3n) is 2.67. The van der Waals surface area contributed by atoms with E-state index >= 15 is 0 Å². The topological polar surface area (TPSA) is 47.0 Å². The third-order valence-corrected chi connectivity index (χ3v) is 3.41. The van der Waals surface area contributed by atoms with Gasteiger partial charge in [0, 0.05) is 23.5 Å². The van der Waals surface area contributed by atoms with Crippen molar-refractivity contribution >= 4 is 11.8 Å². The van der Waals surface area contributed by atoms with Gasteiger partial charge in [-0.15, -0.1) is 16.9 Å². The van der Waals surface area contributed by atoms with Crippen molar-refractivity contribution in [1.29, 1.82) is 0 Å². The standard InChI is InChI=1S/C15H19N3OS/c1-11(2)16-10-12-4-9-15(18-17-12)19-13-5-7-14(20-3)8-6-13/h4-9,11,16H,10H2,1-3H3. The molecule has 0 aliphatic carbocycles. The molecule has 4 nitrogen and oxygen atoms in total. The maximum atomic E-state index is 5.66. The number of thioether (sulfide) groups is 1. The molecule has 1 aromatic heterocycles. The predicted molar refractivity (Wildman–Crippen MR) is 82.3 cm³/mol. The second kappa shape index (κ2) is 7.26. The van der Waals surface area contributed by atoms with E-state index < -0.39 is 0 Å². The smallest absolute Gasteiger partial charge is 0.238 e. The molecule has 0 atom stereocenters. The molecule has 0 radical (unpaired) electrons. The zero-order chi connectivity index (χ0) is 14.4. The summed E-state index contributed by atoms with van der Waals surface area (Å²) in [5.74, 6) is 1.28. The minimum atomic E-state index is 0.433. The van der Waals surface area contributed by atoms with Crippen LogP contribution < -0.4 is 10.1 Å². The Morgan fingerprint density at radius 3 is 2.40 bits per heavy atom. The summed E-state index contributed by atoms with van der Waals surface area (Å²) in [5.41, 5.74) is 0.906. The molecule has 0 aliphatic rings. The van der Waals surface area contributed by atoms with E-state index in [1.807, 2.05) is 42.7 Å². The Morgan fingerprint density at radius 1 is 1.10 bits per heavy atom. The van der Waals surface area contributed by atoms with Crippen LogP contribution in [-0.2, 0) is 6.54 Å². The molecule has 2 rings (SSSR count). The molecule has 0 spiro atoms. The first-order chi connectivity index (χ1) is 9.67. The molecule has 1 aromatic carbocycles. The molecule has 0 amide bonds. The highest BCUT2D eigenvalue weighted by atomic mass is 32.2. The maximum absolute atomic E-state index is 5.66. The number of ether oxygens (including phenoxy) is 1. The molecule has 0 unspecified atom stereocenters. The van der Waals surface area contributed by atoms with Crippen LogP contribution in [0.15, 0.2) is 41.3 Å². The molecule has 20 heavy (non-hydrogen) atoms. The average Bonchev–Trinajstić information content (AvgIpc) is 2.47. The summed E-state index contributed by atoms with van der Waals surface area (Å²) in [6, 6.07) is 12.1. The number of aromatic nitrogens is 2. The van der Waals surface area contributed by atoms with Gasteiger partial charge in [0.05, 0.1) is 5.69 Å². The summed E-state index contributed by atoms with van der Waals surface area (Å²) in [5, 5.41) is 11.5. The van der Waals surface area contributed by atoms with Crippen LogP contribution in [0.4, 0.5) is 0 Å². The molecule has 0 saturated heterocycles. The Hall–Kier alpha value is -1.59. The first-order valence-corrected chi connectivity index (χ1v) is 7.78. The zero-order valence-corrected chi connectivity index (χ0v) is 12.8. The van der Waals surface area contributed by atoms with Gasteiger partial charge in [0.2, 0.25) is 5.88 Å². The van der Waals surface area contributed by atoms with Gasteiger partial charge < -0.3 is 10.1 Å². The molecule has 0 fully saturated rings. The number of benzene rings is 1. The zero-order valence-electron chi connectivity index (χ0n) is 12.0.